The summed E-state index contributed by atoms with van der Waals surface area (Å²) in [5.74, 6) is 2.20. The van der Waals surface area contributed by atoms with E-state index in [1.807, 2.05) is 6.07 Å². The summed E-state index contributed by atoms with van der Waals surface area (Å²) in [5, 5.41) is 3.51. The smallest absolute Gasteiger partial charge is 0.161 e. The van der Waals surface area contributed by atoms with E-state index in [-0.39, 0.29) is 6.04 Å². The van der Waals surface area contributed by atoms with Gasteiger partial charge >= 0.3 is 0 Å². The van der Waals surface area contributed by atoms with Gasteiger partial charge in [-0.3, -0.25) is 0 Å². The Balaban J connectivity index is 1.93. The summed E-state index contributed by atoms with van der Waals surface area (Å²) in [6.45, 7) is 7.31. The first-order chi connectivity index (χ1) is 9.20. The quantitative estimate of drug-likeness (QED) is 0.857. The van der Waals surface area contributed by atoms with Gasteiger partial charge < -0.3 is 19.5 Å². The molecule has 106 valence electrons. The third kappa shape index (κ3) is 3.85. The van der Waals surface area contributed by atoms with E-state index in [4.69, 9.17) is 14.2 Å². The van der Waals surface area contributed by atoms with Crippen LogP contribution in [0.25, 0.3) is 0 Å². The molecule has 4 heteroatoms. The summed E-state index contributed by atoms with van der Waals surface area (Å²) >= 11 is 0. The van der Waals surface area contributed by atoms with Gasteiger partial charge in [0.1, 0.15) is 13.2 Å². The molecule has 0 aromatic heterocycles. The van der Waals surface area contributed by atoms with E-state index in [1.165, 1.54) is 5.56 Å². The van der Waals surface area contributed by atoms with E-state index in [1.54, 1.807) is 7.11 Å². The molecule has 0 saturated carbocycles. The van der Waals surface area contributed by atoms with Crippen molar-refractivity contribution in [3.8, 4) is 11.5 Å². The molecule has 1 N–H and O–H groups in total. The van der Waals surface area contributed by atoms with E-state index < -0.39 is 0 Å². The molecule has 0 radical (unpaired) electrons. The molecule has 0 spiro atoms. The van der Waals surface area contributed by atoms with Crippen molar-refractivity contribution in [1.29, 1.82) is 0 Å². The molecule has 0 fully saturated rings. The summed E-state index contributed by atoms with van der Waals surface area (Å²) in [7, 11) is 1.74. The average molecular weight is 265 g/mol. The Morgan fingerprint density at radius 2 is 1.95 bits per heavy atom. The minimum atomic E-state index is 0.287. The van der Waals surface area contributed by atoms with Crippen molar-refractivity contribution < 1.29 is 14.2 Å². The number of fused-ring (bicyclic) bond motifs is 1. The maximum Gasteiger partial charge on any atom is 0.161 e. The predicted molar refractivity (Wildman–Crippen MR) is 74.9 cm³/mol. The molecular weight excluding hydrogens is 242 g/mol. The molecule has 1 aliphatic rings. The Kier molecular flexibility index (Phi) is 5.05. The Bertz CT molecular complexity index is 408. The maximum atomic E-state index is 5.61. The molecule has 2 rings (SSSR count). The maximum absolute atomic E-state index is 5.61. The largest absolute Gasteiger partial charge is 0.486 e. The van der Waals surface area contributed by atoms with Crippen LogP contribution in [0.1, 0.15) is 25.5 Å². The standard InChI is InChI=1S/C15H23NO3/c1-11(10-17-3)9-16-12(2)13-4-5-14-15(8-13)19-7-6-18-14/h4-5,8,11-12,16H,6-7,9-10H2,1-3H3. The third-order valence-electron chi connectivity index (χ3n) is 3.29. The summed E-state index contributed by atoms with van der Waals surface area (Å²) in [4.78, 5) is 0. The molecule has 2 atom stereocenters. The number of methoxy groups -OCH3 is 1. The second-order valence-corrected chi connectivity index (χ2v) is 5.09. The lowest BCUT2D eigenvalue weighted by Crippen LogP contribution is -2.26. The van der Waals surface area contributed by atoms with Gasteiger partial charge in [0, 0.05) is 26.3 Å². The Labute approximate surface area is 115 Å². The number of nitrogens with one attached hydrogen (secondary N) is 1. The van der Waals surface area contributed by atoms with Crippen LogP contribution in [0.5, 0.6) is 11.5 Å². The molecule has 4 nitrogen and oxygen atoms in total. The first-order valence-electron chi connectivity index (χ1n) is 6.82. The molecule has 1 aliphatic heterocycles. The predicted octanol–water partition coefficient (Wildman–Crippen LogP) is 2.39. The Morgan fingerprint density at radius 3 is 2.68 bits per heavy atom. The Morgan fingerprint density at radius 1 is 1.21 bits per heavy atom. The number of hydrogen-bond donors (Lipinski definition) is 1. The fraction of sp³-hybridized carbons (Fsp3) is 0.600. The van der Waals surface area contributed by atoms with Crippen LogP contribution in [-0.2, 0) is 4.74 Å². The zero-order valence-corrected chi connectivity index (χ0v) is 11.9. The summed E-state index contributed by atoms with van der Waals surface area (Å²) < 4.78 is 16.3. The van der Waals surface area contributed by atoms with Gasteiger partial charge in [-0.05, 0) is 30.5 Å². The van der Waals surface area contributed by atoms with Gasteiger partial charge in [-0.15, -0.1) is 0 Å². The second-order valence-electron chi connectivity index (χ2n) is 5.09. The number of hydrogen-bond acceptors (Lipinski definition) is 4. The lowest BCUT2D eigenvalue weighted by molar-refractivity contribution is 0.157. The van der Waals surface area contributed by atoms with E-state index in [9.17, 15) is 0 Å². The minimum absolute atomic E-state index is 0.287. The topological polar surface area (TPSA) is 39.7 Å². The zero-order chi connectivity index (χ0) is 13.7. The molecule has 0 bridgehead atoms. The molecule has 0 amide bonds. The molecule has 2 unspecified atom stereocenters. The summed E-state index contributed by atoms with van der Waals surface area (Å²) in [6, 6.07) is 6.43. The monoisotopic (exact) mass is 265 g/mol. The average Bonchev–Trinajstić information content (AvgIpc) is 2.44. The number of rotatable bonds is 6. The van der Waals surface area contributed by atoms with E-state index in [2.05, 4.69) is 31.3 Å². The van der Waals surface area contributed by atoms with Gasteiger partial charge in [-0.1, -0.05) is 13.0 Å². The van der Waals surface area contributed by atoms with Crippen LogP contribution in [0.4, 0.5) is 0 Å². The molecule has 0 saturated heterocycles. The lowest BCUT2D eigenvalue weighted by Gasteiger charge is -2.22. The van der Waals surface area contributed by atoms with Crippen molar-refractivity contribution in [3.05, 3.63) is 23.8 Å². The van der Waals surface area contributed by atoms with E-state index in [0.717, 1.165) is 24.7 Å². The van der Waals surface area contributed by atoms with Gasteiger partial charge in [0.25, 0.3) is 0 Å². The van der Waals surface area contributed by atoms with Crippen molar-refractivity contribution >= 4 is 0 Å². The van der Waals surface area contributed by atoms with Crippen LogP contribution in [0.2, 0.25) is 0 Å². The number of ether oxygens (including phenoxy) is 3. The van der Waals surface area contributed by atoms with Gasteiger partial charge in [-0.25, -0.2) is 0 Å². The minimum Gasteiger partial charge on any atom is -0.486 e. The van der Waals surface area contributed by atoms with Crippen molar-refractivity contribution in [2.24, 2.45) is 5.92 Å². The molecule has 1 heterocycles. The highest BCUT2D eigenvalue weighted by atomic mass is 16.6. The summed E-state index contributed by atoms with van der Waals surface area (Å²) in [6.07, 6.45) is 0. The van der Waals surface area contributed by atoms with Crippen molar-refractivity contribution in [2.45, 2.75) is 19.9 Å². The highest BCUT2D eigenvalue weighted by Crippen LogP contribution is 2.32. The van der Waals surface area contributed by atoms with Crippen molar-refractivity contribution in [2.75, 3.05) is 33.5 Å². The van der Waals surface area contributed by atoms with Crippen LogP contribution >= 0.6 is 0 Å². The molecule has 19 heavy (non-hydrogen) atoms. The van der Waals surface area contributed by atoms with E-state index >= 15 is 0 Å². The number of benzene rings is 1. The van der Waals surface area contributed by atoms with Crippen LogP contribution in [0, 0.1) is 5.92 Å². The second kappa shape index (κ2) is 6.78. The van der Waals surface area contributed by atoms with Gasteiger partial charge in [0.05, 0.1) is 0 Å². The third-order valence-corrected chi connectivity index (χ3v) is 3.29. The van der Waals surface area contributed by atoms with E-state index in [0.29, 0.717) is 19.1 Å². The zero-order valence-electron chi connectivity index (χ0n) is 11.9. The van der Waals surface area contributed by atoms with Crippen LogP contribution in [0.15, 0.2) is 18.2 Å². The molecule has 1 aromatic carbocycles. The van der Waals surface area contributed by atoms with Crippen molar-refractivity contribution in [3.63, 3.8) is 0 Å². The van der Waals surface area contributed by atoms with Gasteiger partial charge in [0.2, 0.25) is 0 Å². The fourth-order valence-corrected chi connectivity index (χ4v) is 2.17. The normalized spacial score (nSPS) is 17.0. The van der Waals surface area contributed by atoms with Gasteiger partial charge in [0.15, 0.2) is 11.5 Å². The lowest BCUT2D eigenvalue weighted by atomic mass is 10.1. The first-order valence-corrected chi connectivity index (χ1v) is 6.82. The van der Waals surface area contributed by atoms with Crippen LogP contribution in [0.3, 0.4) is 0 Å². The first kappa shape index (κ1) is 14.2. The molecule has 0 aliphatic carbocycles. The molecular formula is C15H23NO3. The fourth-order valence-electron chi connectivity index (χ4n) is 2.17. The van der Waals surface area contributed by atoms with Crippen LogP contribution in [-0.4, -0.2) is 33.5 Å². The Hall–Kier alpha value is -1.26. The highest BCUT2D eigenvalue weighted by Gasteiger charge is 2.14. The molecule has 1 aromatic rings. The SMILES string of the molecule is COCC(C)CNC(C)c1ccc2c(c1)OCCO2. The van der Waals surface area contributed by atoms with Crippen molar-refractivity contribution in [1.82, 2.24) is 5.32 Å². The highest BCUT2D eigenvalue weighted by molar-refractivity contribution is 5.44. The van der Waals surface area contributed by atoms with Gasteiger partial charge in [-0.2, -0.15) is 0 Å². The summed E-state index contributed by atoms with van der Waals surface area (Å²) in [5.41, 5.74) is 1.22. The van der Waals surface area contributed by atoms with Crippen LogP contribution < -0.4 is 14.8 Å².